The summed E-state index contributed by atoms with van der Waals surface area (Å²) in [5, 5.41) is 2.14. The smallest absolute Gasteiger partial charge is 0.418 e. The van der Waals surface area contributed by atoms with Crippen LogP contribution >= 0.6 is 0 Å². The number of benzene rings is 3. The lowest BCUT2D eigenvalue weighted by Gasteiger charge is -2.45. The standard InChI is InChI=1S/C33H29F3N2O5/c1-2-3-16-24(32(42)43-17-25(39)37-23-15-9-8-14-22(23)33(34,35)36)38-30(40)28-26-18-10-4-5-11-19(18)27(29(28)31(38)41)21-13-7-6-12-20(21)26/h4-15,24,26-29H,2-3,16-17H2,1H3,(H,37,39)/t24-,26?,27?,28-,29-/m1/s1. The fourth-order valence-corrected chi connectivity index (χ4v) is 7.02. The van der Waals surface area contributed by atoms with Crippen molar-refractivity contribution in [1.82, 2.24) is 4.90 Å². The predicted octanol–water partition coefficient (Wildman–Crippen LogP) is 5.64. The van der Waals surface area contributed by atoms with Gasteiger partial charge in [-0.15, -0.1) is 0 Å². The van der Waals surface area contributed by atoms with Crippen LogP contribution in [-0.2, 0) is 30.1 Å². The van der Waals surface area contributed by atoms with Crippen molar-refractivity contribution in [2.75, 3.05) is 11.9 Å². The van der Waals surface area contributed by atoms with Gasteiger partial charge in [0.15, 0.2) is 6.61 Å². The van der Waals surface area contributed by atoms with Gasteiger partial charge in [0, 0.05) is 11.8 Å². The maximum Gasteiger partial charge on any atom is 0.418 e. The Bertz CT molecular complexity index is 1500. The van der Waals surface area contributed by atoms with Crippen LogP contribution in [0.2, 0.25) is 0 Å². The second-order valence-corrected chi connectivity index (χ2v) is 11.2. The number of esters is 1. The summed E-state index contributed by atoms with van der Waals surface area (Å²) in [7, 11) is 0. The van der Waals surface area contributed by atoms with Gasteiger partial charge in [-0.2, -0.15) is 13.2 Å². The zero-order valence-corrected chi connectivity index (χ0v) is 23.3. The molecular formula is C33H29F3N2O5. The zero-order chi connectivity index (χ0) is 30.5. The van der Waals surface area contributed by atoms with Gasteiger partial charge in [-0.25, -0.2) is 4.79 Å². The Morgan fingerprint density at radius 1 is 0.837 bits per heavy atom. The van der Waals surface area contributed by atoms with Crippen LogP contribution in [0.5, 0.6) is 0 Å². The second-order valence-electron chi connectivity index (χ2n) is 11.2. The second kappa shape index (κ2) is 11.0. The average Bonchev–Trinajstić information content (AvgIpc) is 3.26. The van der Waals surface area contributed by atoms with Gasteiger partial charge >= 0.3 is 12.1 Å². The number of hydrogen-bond acceptors (Lipinski definition) is 5. The molecule has 3 atom stereocenters. The molecule has 3 aliphatic carbocycles. The summed E-state index contributed by atoms with van der Waals surface area (Å²) in [6.45, 7) is 1.02. The summed E-state index contributed by atoms with van der Waals surface area (Å²) in [5.74, 6) is -4.86. The van der Waals surface area contributed by atoms with Crippen molar-refractivity contribution >= 4 is 29.4 Å². The van der Waals surface area contributed by atoms with E-state index < -0.39 is 65.6 Å². The number of imide groups is 1. The molecule has 1 fully saturated rings. The maximum atomic E-state index is 14.1. The third-order valence-corrected chi connectivity index (χ3v) is 8.75. The monoisotopic (exact) mass is 590 g/mol. The van der Waals surface area contributed by atoms with Gasteiger partial charge in [0.1, 0.15) is 6.04 Å². The highest BCUT2D eigenvalue weighted by atomic mass is 19.4. The molecule has 0 saturated carbocycles. The Hall–Kier alpha value is -4.47. The summed E-state index contributed by atoms with van der Waals surface area (Å²) in [6, 6.07) is 18.8. The molecule has 0 aromatic heterocycles. The maximum absolute atomic E-state index is 14.1. The molecule has 1 aliphatic heterocycles. The van der Waals surface area contributed by atoms with E-state index in [4.69, 9.17) is 4.74 Å². The molecule has 43 heavy (non-hydrogen) atoms. The van der Waals surface area contributed by atoms with E-state index in [1.807, 2.05) is 55.5 Å². The van der Waals surface area contributed by atoms with Gasteiger partial charge in [-0.05, 0) is 40.8 Å². The molecule has 1 N–H and O–H groups in total. The van der Waals surface area contributed by atoms with Gasteiger partial charge in [0.05, 0.1) is 23.1 Å². The number of nitrogens with one attached hydrogen (secondary N) is 1. The minimum Gasteiger partial charge on any atom is -0.454 e. The van der Waals surface area contributed by atoms with Crippen molar-refractivity contribution in [3.8, 4) is 0 Å². The van der Waals surface area contributed by atoms with Crippen LogP contribution < -0.4 is 5.32 Å². The summed E-state index contributed by atoms with van der Waals surface area (Å²) >= 11 is 0. The molecule has 222 valence electrons. The van der Waals surface area contributed by atoms with Gasteiger partial charge in [-0.3, -0.25) is 19.3 Å². The number of anilines is 1. The number of halogens is 3. The highest BCUT2D eigenvalue weighted by Crippen LogP contribution is 2.61. The fourth-order valence-electron chi connectivity index (χ4n) is 7.02. The zero-order valence-electron chi connectivity index (χ0n) is 23.3. The molecule has 7 nitrogen and oxygen atoms in total. The van der Waals surface area contributed by atoms with E-state index in [9.17, 15) is 32.3 Å². The fraction of sp³-hybridized carbons (Fsp3) is 0.333. The molecule has 7 rings (SSSR count). The van der Waals surface area contributed by atoms with Crippen molar-refractivity contribution in [1.29, 1.82) is 0 Å². The summed E-state index contributed by atoms with van der Waals surface area (Å²) in [6.07, 6.45) is -3.38. The Morgan fingerprint density at radius 3 is 1.81 bits per heavy atom. The largest absolute Gasteiger partial charge is 0.454 e. The van der Waals surface area contributed by atoms with E-state index in [2.05, 4.69) is 5.32 Å². The number of likely N-dealkylation sites (tertiary alicyclic amines) is 1. The van der Waals surface area contributed by atoms with Gasteiger partial charge in [0.2, 0.25) is 11.8 Å². The Labute approximate surface area is 246 Å². The van der Waals surface area contributed by atoms with E-state index in [0.717, 1.165) is 39.3 Å². The van der Waals surface area contributed by atoms with Crippen LogP contribution in [0.25, 0.3) is 0 Å². The van der Waals surface area contributed by atoms with E-state index in [1.54, 1.807) is 0 Å². The molecule has 4 aliphatic rings. The number of ether oxygens (including phenoxy) is 1. The molecular weight excluding hydrogens is 561 g/mol. The van der Waals surface area contributed by atoms with Gasteiger partial charge in [0.25, 0.3) is 5.91 Å². The van der Waals surface area contributed by atoms with Gasteiger partial charge in [-0.1, -0.05) is 80.4 Å². The number of hydrogen-bond donors (Lipinski definition) is 1. The van der Waals surface area contributed by atoms with Crippen LogP contribution in [0.1, 0.15) is 65.8 Å². The van der Waals surface area contributed by atoms with Crippen LogP contribution in [-0.4, -0.2) is 41.2 Å². The SMILES string of the molecule is CCCC[C@H](C(=O)OCC(=O)Nc1ccccc1C(F)(F)F)N1C(=O)[C@@H]2C3c4ccccc4C(c4ccccc43)[C@H]2C1=O. The number of alkyl halides is 3. The lowest BCUT2D eigenvalue weighted by atomic mass is 9.55. The molecule has 2 bridgehead atoms. The molecule has 1 heterocycles. The third-order valence-electron chi connectivity index (χ3n) is 8.75. The van der Waals surface area contributed by atoms with Crippen LogP contribution in [0, 0.1) is 11.8 Å². The molecule has 0 radical (unpaired) electrons. The first-order chi connectivity index (χ1) is 20.6. The van der Waals surface area contributed by atoms with Gasteiger partial charge < -0.3 is 10.1 Å². The minimum atomic E-state index is -4.70. The van der Waals surface area contributed by atoms with Crippen LogP contribution in [0.3, 0.4) is 0 Å². The molecule has 3 amide bonds. The van der Waals surface area contributed by atoms with Crippen molar-refractivity contribution in [3.05, 3.63) is 101 Å². The number of unbranched alkanes of at least 4 members (excludes halogenated alkanes) is 1. The van der Waals surface area contributed by atoms with E-state index in [0.29, 0.717) is 12.8 Å². The highest BCUT2D eigenvalue weighted by molar-refractivity contribution is 6.10. The Balaban J connectivity index is 1.25. The van der Waals surface area contributed by atoms with Crippen molar-refractivity contribution in [3.63, 3.8) is 0 Å². The first-order valence-corrected chi connectivity index (χ1v) is 14.3. The Morgan fingerprint density at radius 2 is 1.33 bits per heavy atom. The van der Waals surface area contributed by atoms with Crippen molar-refractivity contribution in [2.45, 2.75) is 50.2 Å². The lowest BCUT2D eigenvalue weighted by molar-refractivity contribution is -0.160. The Kier molecular flexibility index (Phi) is 7.31. The molecule has 1 saturated heterocycles. The number of carbonyl (C=O) groups is 4. The molecule has 0 unspecified atom stereocenters. The number of para-hydroxylation sites is 1. The highest BCUT2D eigenvalue weighted by Gasteiger charge is 2.63. The average molecular weight is 591 g/mol. The van der Waals surface area contributed by atoms with Crippen molar-refractivity contribution < 1.29 is 37.1 Å². The normalized spacial score (nSPS) is 22.5. The molecule has 3 aromatic carbocycles. The van der Waals surface area contributed by atoms with E-state index >= 15 is 0 Å². The lowest BCUT2D eigenvalue weighted by Crippen LogP contribution is -2.47. The minimum absolute atomic E-state index is 0.139. The predicted molar refractivity (Wildman–Crippen MR) is 150 cm³/mol. The first-order valence-electron chi connectivity index (χ1n) is 14.3. The first kappa shape index (κ1) is 28.6. The third kappa shape index (κ3) is 4.78. The van der Waals surface area contributed by atoms with Crippen LogP contribution in [0.4, 0.5) is 18.9 Å². The molecule has 10 heteroatoms. The summed E-state index contributed by atoms with van der Waals surface area (Å²) in [4.78, 5) is 55.1. The number of carbonyl (C=O) groups excluding carboxylic acids is 4. The quantitative estimate of drug-likeness (QED) is 0.271. The van der Waals surface area contributed by atoms with E-state index in [1.165, 1.54) is 12.1 Å². The van der Waals surface area contributed by atoms with Crippen molar-refractivity contribution in [2.24, 2.45) is 11.8 Å². The summed E-state index contributed by atoms with van der Waals surface area (Å²) in [5.41, 5.74) is 2.49. The molecule has 3 aromatic rings. The number of amides is 3. The molecule has 0 spiro atoms. The number of rotatable bonds is 8. The number of nitrogens with zero attached hydrogens (tertiary/aromatic N) is 1. The summed E-state index contributed by atoms with van der Waals surface area (Å²) < 4.78 is 45.2. The van der Waals surface area contributed by atoms with Crippen LogP contribution in [0.15, 0.2) is 72.8 Å². The van der Waals surface area contributed by atoms with E-state index in [-0.39, 0.29) is 18.3 Å². The topological polar surface area (TPSA) is 92.8 Å².